The molecule has 4 aromatic carbocycles. The van der Waals surface area contributed by atoms with E-state index in [1.165, 1.54) is 4.88 Å². The molecule has 0 atom stereocenters. The lowest BCUT2D eigenvalue weighted by atomic mass is 10.0. The van der Waals surface area contributed by atoms with Crippen molar-refractivity contribution in [3.63, 3.8) is 0 Å². The van der Waals surface area contributed by atoms with Crippen molar-refractivity contribution in [2.45, 2.75) is 19.8 Å². The number of anilines is 1. The average molecular weight is 549 g/mol. The Morgan fingerprint density at radius 1 is 0.923 bits per heavy atom. The monoisotopic (exact) mass is 548 g/mol. The van der Waals surface area contributed by atoms with Crippen molar-refractivity contribution in [3.05, 3.63) is 106 Å². The predicted octanol–water partition coefficient (Wildman–Crippen LogP) is 7.99. The van der Waals surface area contributed by atoms with Crippen molar-refractivity contribution >= 4 is 54.6 Å². The maximum Gasteiger partial charge on any atom is 0.231 e. The Kier molecular flexibility index (Phi) is 6.02. The minimum Gasteiger partial charge on any atom is -0.454 e. The van der Waals surface area contributed by atoms with E-state index in [2.05, 4.69) is 42.6 Å². The van der Waals surface area contributed by atoms with E-state index in [9.17, 15) is 4.79 Å². The highest BCUT2D eigenvalue weighted by Gasteiger charge is 2.23. The topological polar surface area (TPSA) is 60.5 Å². The molecule has 5 nitrogen and oxygen atoms in total. The van der Waals surface area contributed by atoms with E-state index in [4.69, 9.17) is 14.5 Å². The number of hydrogen-bond donors (Lipinski definition) is 1. The first-order valence-electron chi connectivity index (χ1n) is 12.8. The van der Waals surface area contributed by atoms with Gasteiger partial charge in [-0.15, -0.1) is 22.7 Å². The Labute approximate surface area is 233 Å². The third-order valence-corrected chi connectivity index (χ3v) is 9.30. The minimum atomic E-state index is -0.0374. The molecule has 3 heterocycles. The number of para-hydroxylation sites is 1. The van der Waals surface area contributed by atoms with Crippen molar-refractivity contribution < 1.29 is 14.3 Å². The normalized spacial score (nSPS) is 12.3. The summed E-state index contributed by atoms with van der Waals surface area (Å²) < 4.78 is 12.2. The predicted molar refractivity (Wildman–Crippen MR) is 159 cm³/mol. The molecule has 7 rings (SSSR count). The van der Waals surface area contributed by atoms with Gasteiger partial charge in [0.25, 0.3) is 0 Å². The Balaban J connectivity index is 1.25. The fraction of sp³-hybridized carbons (Fsp3) is 0.125. The fourth-order valence-electron chi connectivity index (χ4n) is 5.08. The molecule has 0 aliphatic carbocycles. The summed E-state index contributed by atoms with van der Waals surface area (Å²) in [5.74, 6) is 1.51. The van der Waals surface area contributed by atoms with Gasteiger partial charge in [-0.3, -0.25) is 4.79 Å². The van der Waals surface area contributed by atoms with E-state index in [1.54, 1.807) is 22.7 Å². The van der Waals surface area contributed by atoms with Crippen LogP contribution in [-0.4, -0.2) is 17.7 Å². The number of ether oxygens (including phenoxy) is 2. The van der Waals surface area contributed by atoms with Crippen LogP contribution >= 0.6 is 22.7 Å². The molecule has 1 aliphatic rings. The summed E-state index contributed by atoms with van der Waals surface area (Å²) in [6.07, 6.45) is 1.03. The van der Waals surface area contributed by atoms with Crippen LogP contribution in [0.4, 0.5) is 5.00 Å². The van der Waals surface area contributed by atoms with Gasteiger partial charge in [0.05, 0.1) is 16.6 Å². The standard InChI is InChI=1S/C32H24N2O3S2/c1-19-28(16-20-13-14-25-26(15-20)37-18-36-25)39-32(30(19)31-33-24-11-4-5-12-27(24)38-31)34-29(35)17-22-9-6-8-21-7-2-3-10-23(21)22/h2-15H,16-18H2,1H3,(H,34,35). The smallest absolute Gasteiger partial charge is 0.231 e. The van der Waals surface area contributed by atoms with Crippen LogP contribution in [0.3, 0.4) is 0 Å². The zero-order chi connectivity index (χ0) is 26.3. The van der Waals surface area contributed by atoms with Gasteiger partial charge in [0.2, 0.25) is 12.7 Å². The quantitative estimate of drug-likeness (QED) is 0.229. The second kappa shape index (κ2) is 9.84. The molecule has 39 heavy (non-hydrogen) atoms. The molecular weight excluding hydrogens is 524 g/mol. The zero-order valence-electron chi connectivity index (χ0n) is 21.2. The lowest BCUT2D eigenvalue weighted by Gasteiger charge is -2.08. The molecule has 0 saturated carbocycles. The van der Waals surface area contributed by atoms with Crippen molar-refractivity contribution in [1.29, 1.82) is 0 Å². The van der Waals surface area contributed by atoms with Gasteiger partial charge in [-0.25, -0.2) is 4.98 Å². The number of hydrogen-bond acceptors (Lipinski definition) is 6. The van der Waals surface area contributed by atoms with Crippen LogP contribution in [0.15, 0.2) is 84.9 Å². The number of benzene rings is 4. The number of nitrogens with zero attached hydrogens (tertiary/aromatic N) is 1. The summed E-state index contributed by atoms with van der Waals surface area (Å²) in [5, 5.41) is 7.26. The molecule has 1 aliphatic heterocycles. The average Bonchev–Trinajstić information content (AvgIpc) is 3.66. The summed E-state index contributed by atoms with van der Waals surface area (Å²) in [6, 6.07) is 28.5. The number of nitrogens with one attached hydrogen (secondary N) is 1. The number of thiophene rings is 1. The van der Waals surface area contributed by atoms with Gasteiger partial charge in [0.1, 0.15) is 10.0 Å². The number of rotatable bonds is 6. The molecule has 0 unspecified atom stereocenters. The molecule has 1 amide bonds. The lowest BCUT2D eigenvalue weighted by molar-refractivity contribution is -0.115. The molecule has 2 aromatic heterocycles. The van der Waals surface area contributed by atoms with Crippen molar-refractivity contribution in [3.8, 4) is 22.1 Å². The molecule has 1 N–H and O–H groups in total. The summed E-state index contributed by atoms with van der Waals surface area (Å²) in [7, 11) is 0. The maximum absolute atomic E-state index is 13.4. The van der Waals surface area contributed by atoms with E-state index < -0.39 is 0 Å². The van der Waals surface area contributed by atoms with Crippen LogP contribution in [0, 0.1) is 6.92 Å². The molecule has 0 saturated heterocycles. The molecule has 6 aromatic rings. The number of amides is 1. The van der Waals surface area contributed by atoms with Crippen molar-refractivity contribution in [2.75, 3.05) is 12.1 Å². The highest BCUT2D eigenvalue weighted by atomic mass is 32.1. The molecule has 0 bridgehead atoms. The van der Waals surface area contributed by atoms with Crippen LogP contribution in [0.25, 0.3) is 31.6 Å². The van der Waals surface area contributed by atoms with E-state index >= 15 is 0 Å². The van der Waals surface area contributed by atoms with Gasteiger partial charge >= 0.3 is 0 Å². The highest BCUT2D eigenvalue weighted by Crippen LogP contribution is 2.44. The van der Waals surface area contributed by atoms with Crippen LogP contribution in [0.2, 0.25) is 0 Å². The van der Waals surface area contributed by atoms with Crippen LogP contribution in [0.5, 0.6) is 11.5 Å². The first kappa shape index (κ1) is 23.9. The highest BCUT2D eigenvalue weighted by molar-refractivity contribution is 7.22. The van der Waals surface area contributed by atoms with E-state index in [0.717, 1.165) is 71.2 Å². The Morgan fingerprint density at radius 3 is 2.67 bits per heavy atom. The van der Waals surface area contributed by atoms with Gasteiger partial charge < -0.3 is 14.8 Å². The Bertz CT molecular complexity index is 1830. The van der Waals surface area contributed by atoms with Gasteiger partial charge in [-0.1, -0.05) is 60.7 Å². The molecule has 192 valence electrons. The summed E-state index contributed by atoms with van der Waals surface area (Å²) in [5.41, 5.74) is 5.25. The summed E-state index contributed by atoms with van der Waals surface area (Å²) in [4.78, 5) is 19.6. The van der Waals surface area contributed by atoms with Gasteiger partial charge in [-0.05, 0) is 58.7 Å². The first-order valence-corrected chi connectivity index (χ1v) is 14.4. The number of thiazole rings is 1. The Morgan fingerprint density at radius 2 is 1.74 bits per heavy atom. The summed E-state index contributed by atoms with van der Waals surface area (Å²) in [6.45, 7) is 2.38. The van der Waals surface area contributed by atoms with Crippen LogP contribution in [-0.2, 0) is 17.6 Å². The van der Waals surface area contributed by atoms with Gasteiger partial charge in [0, 0.05) is 16.9 Å². The van der Waals surface area contributed by atoms with E-state index in [0.29, 0.717) is 6.42 Å². The maximum atomic E-state index is 13.4. The Hall–Kier alpha value is -4.20. The van der Waals surface area contributed by atoms with Crippen LogP contribution < -0.4 is 14.8 Å². The van der Waals surface area contributed by atoms with E-state index in [1.807, 2.05) is 54.6 Å². The van der Waals surface area contributed by atoms with Gasteiger partial charge in [-0.2, -0.15) is 0 Å². The molecule has 0 fully saturated rings. The number of carbonyl (C=O) groups is 1. The number of carbonyl (C=O) groups excluding carboxylic acids is 1. The third kappa shape index (κ3) is 4.54. The number of aromatic nitrogens is 1. The molecule has 7 heteroatoms. The molecule has 0 spiro atoms. The fourth-order valence-corrected chi connectivity index (χ4v) is 7.48. The van der Waals surface area contributed by atoms with E-state index in [-0.39, 0.29) is 12.7 Å². The van der Waals surface area contributed by atoms with Gasteiger partial charge in [0.15, 0.2) is 11.5 Å². The first-order chi connectivity index (χ1) is 19.1. The second-order valence-electron chi connectivity index (χ2n) is 9.57. The van der Waals surface area contributed by atoms with Crippen molar-refractivity contribution in [1.82, 2.24) is 4.98 Å². The number of fused-ring (bicyclic) bond motifs is 3. The zero-order valence-corrected chi connectivity index (χ0v) is 22.8. The lowest BCUT2D eigenvalue weighted by Crippen LogP contribution is -2.14. The largest absolute Gasteiger partial charge is 0.454 e. The summed E-state index contributed by atoms with van der Waals surface area (Å²) >= 11 is 3.28. The SMILES string of the molecule is Cc1c(Cc2ccc3c(c2)OCO3)sc(NC(=O)Cc2cccc3ccccc23)c1-c1nc2ccccc2s1. The minimum absolute atomic E-state index is 0.0374. The third-order valence-electron chi connectivity index (χ3n) is 7.04. The molecular formula is C32H24N2O3S2. The second-order valence-corrected chi connectivity index (χ2v) is 11.7. The van der Waals surface area contributed by atoms with Crippen LogP contribution in [0.1, 0.15) is 21.6 Å². The molecule has 0 radical (unpaired) electrons. The van der Waals surface area contributed by atoms with Crippen molar-refractivity contribution in [2.24, 2.45) is 0 Å².